The Bertz CT molecular complexity index is 498. The van der Waals surface area contributed by atoms with Crippen LogP contribution < -0.4 is 10.6 Å². The summed E-state index contributed by atoms with van der Waals surface area (Å²) in [5.74, 6) is -0.300. The molecule has 0 spiro atoms. The molecule has 2 rings (SSSR count). The van der Waals surface area contributed by atoms with E-state index in [0.29, 0.717) is 5.56 Å². The number of nitrogens with two attached hydrogens (primary N) is 1. The summed E-state index contributed by atoms with van der Waals surface area (Å²) in [7, 11) is 4.17. The van der Waals surface area contributed by atoms with Crippen molar-refractivity contribution < 1.29 is 4.39 Å². The van der Waals surface area contributed by atoms with E-state index in [-0.39, 0.29) is 10.8 Å². The van der Waals surface area contributed by atoms with Gasteiger partial charge in [-0.25, -0.2) is 4.39 Å². The van der Waals surface area contributed by atoms with E-state index in [2.05, 4.69) is 28.8 Å². The molecule has 1 heterocycles. The van der Waals surface area contributed by atoms with Crippen LogP contribution in [0.5, 0.6) is 0 Å². The highest BCUT2D eigenvalue weighted by molar-refractivity contribution is 7.80. The number of benzene rings is 1. The Balaban J connectivity index is 2.01. The lowest BCUT2D eigenvalue weighted by molar-refractivity contribution is 0.229. The largest absolute Gasteiger partial charge is 0.389 e. The zero-order chi connectivity index (χ0) is 15.4. The monoisotopic (exact) mass is 310 g/mol. The summed E-state index contributed by atoms with van der Waals surface area (Å²) in [6.45, 7) is 5.97. The van der Waals surface area contributed by atoms with Gasteiger partial charge in [0.1, 0.15) is 10.8 Å². The molecule has 2 N–H and O–H groups in total. The van der Waals surface area contributed by atoms with Crippen LogP contribution in [0.2, 0.25) is 0 Å². The Morgan fingerprint density at radius 3 is 2.52 bits per heavy atom. The van der Waals surface area contributed by atoms with Crippen LogP contribution in [0.25, 0.3) is 0 Å². The Morgan fingerprint density at radius 2 is 1.95 bits per heavy atom. The number of rotatable bonds is 5. The van der Waals surface area contributed by atoms with Crippen molar-refractivity contribution in [1.29, 1.82) is 0 Å². The second-order valence-corrected chi connectivity index (χ2v) is 6.10. The third kappa shape index (κ3) is 4.36. The lowest BCUT2D eigenvalue weighted by Gasteiger charge is -2.37. The summed E-state index contributed by atoms with van der Waals surface area (Å²) >= 11 is 5.04. The Hall–Kier alpha value is -1.24. The van der Waals surface area contributed by atoms with E-state index < -0.39 is 0 Å². The molecule has 0 bridgehead atoms. The van der Waals surface area contributed by atoms with Crippen molar-refractivity contribution in [1.82, 2.24) is 9.80 Å². The number of hydrogen-bond donors (Lipinski definition) is 1. The first-order valence-electron chi connectivity index (χ1n) is 7.19. The first-order chi connectivity index (χ1) is 9.97. The summed E-state index contributed by atoms with van der Waals surface area (Å²) in [5, 5.41) is 0. The molecule has 6 heteroatoms. The standard InChI is InChI=1S/C15H23FN4S/c1-18(2)5-6-19-7-9-20(10-8-19)14-4-3-12(16)11-13(14)15(17)21/h3-4,11H,5-10H2,1-2H3,(H2,17,21). The first-order valence-corrected chi connectivity index (χ1v) is 7.59. The predicted octanol–water partition coefficient (Wildman–Crippen LogP) is 1.14. The Morgan fingerprint density at radius 1 is 1.29 bits per heavy atom. The minimum atomic E-state index is -0.300. The second kappa shape index (κ2) is 7.15. The quantitative estimate of drug-likeness (QED) is 0.826. The van der Waals surface area contributed by atoms with Gasteiger partial charge in [-0.15, -0.1) is 0 Å². The Kier molecular flexibility index (Phi) is 5.50. The SMILES string of the molecule is CN(C)CCN1CCN(c2ccc(F)cc2C(N)=S)CC1. The van der Waals surface area contributed by atoms with Crippen LogP contribution in [0, 0.1) is 5.82 Å². The molecule has 116 valence electrons. The van der Waals surface area contributed by atoms with E-state index in [1.165, 1.54) is 12.1 Å². The highest BCUT2D eigenvalue weighted by Gasteiger charge is 2.20. The van der Waals surface area contributed by atoms with E-state index in [0.717, 1.165) is 45.0 Å². The molecule has 0 amide bonds. The minimum Gasteiger partial charge on any atom is -0.389 e. The van der Waals surface area contributed by atoms with Crippen LogP contribution in [0.3, 0.4) is 0 Å². The van der Waals surface area contributed by atoms with E-state index in [1.54, 1.807) is 6.07 Å². The van der Waals surface area contributed by atoms with E-state index in [4.69, 9.17) is 18.0 Å². The van der Waals surface area contributed by atoms with Crippen LogP contribution in [0.4, 0.5) is 10.1 Å². The van der Waals surface area contributed by atoms with Crippen molar-refractivity contribution in [2.24, 2.45) is 5.73 Å². The lowest BCUT2D eigenvalue weighted by Crippen LogP contribution is -2.48. The molecular weight excluding hydrogens is 287 g/mol. The molecular formula is C15H23FN4S. The number of nitrogens with zero attached hydrogens (tertiary/aromatic N) is 3. The minimum absolute atomic E-state index is 0.250. The highest BCUT2D eigenvalue weighted by atomic mass is 32.1. The number of piperazine rings is 1. The van der Waals surface area contributed by atoms with Gasteiger partial charge in [-0.05, 0) is 32.3 Å². The average Bonchev–Trinajstić information content (AvgIpc) is 2.45. The fourth-order valence-corrected chi connectivity index (χ4v) is 2.70. The van der Waals surface area contributed by atoms with Gasteiger partial charge in [0.25, 0.3) is 0 Å². The van der Waals surface area contributed by atoms with Crippen LogP contribution in [-0.2, 0) is 0 Å². The fraction of sp³-hybridized carbons (Fsp3) is 0.533. The van der Waals surface area contributed by atoms with Gasteiger partial charge in [0, 0.05) is 50.5 Å². The third-order valence-electron chi connectivity index (χ3n) is 3.80. The van der Waals surface area contributed by atoms with E-state index in [1.807, 2.05) is 0 Å². The molecule has 1 aliphatic heterocycles. The van der Waals surface area contributed by atoms with Gasteiger partial charge < -0.3 is 15.5 Å². The molecule has 0 atom stereocenters. The van der Waals surface area contributed by atoms with Gasteiger partial charge in [-0.3, -0.25) is 4.90 Å². The molecule has 0 radical (unpaired) electrons. The molecule has 1 aliphatic rings. The second-order valence-electron chi connectivity index (χ2n) is 5.66. The van der Waals surface area contributed by atoms with Crippen molar-refractivity contribution in [2.75, 3.05) is 58.3 Å². The van der Waals surface area contributed by atoms with Crippen LogP contribution in [0.1, 0.15) is 5.56 Å². The van der Waals surface area contributed by atoms with E-state index >= 15 is 0 Å². The zero-order valence-corrected chi connectivity index (χ0v) is 13.5. The van der Waals surface area contributed by atoms with Crippen molar-refractivity contribution >= 4 is 22.9 Å². The normalized spacial score (nSPS) is 16.5. The molecule has 0 saturated carbocycles. The molecule has 1 fully saturated rings. The van der Waals surface area contributed by atoms with Gasteiger partial charge in [0.05, 0.1) is 0 Å². The maximum absolute atomic E-state index is 13.4. The summed E-state index contributed by atoms with van der Waals surface area (Å²) in [6.07, 6.45) is 0. The fourth-order valence-electron chi connectivity index (χ4n) is 2.54. The number of thiocarbonyl (C=S) groups is 1. The van der Waals surface area contributed by atoms with Crippen LogP contribution in [-0.4, -0.2) is 68.2 Å². The molecule has 1 aromatic rings. The Labute approximate surface area is 131 Å². The third-order valence-corrected chi connectivity index (χ3v) is 4.02. The summed E-state index contributed by atoms with van der Waals surface area (Å²) in [5.41, 5.74) is 7.29. The smallest absolute Gasteiger partial charge is 0.124 e. The molecule has 0 aromatic heterocycles. The molecule has 21 heavy (non-hydrogen) atoms. The van der Waals surface area contributed by atoms with E-state index in [9.17, 15) is 4.39 Å². The summed E-state index contributed by atoms with van der Waals surface area (Å²) in [4.78, 5) is 7.12. The van der Waals surface area contributed by atoms with Gasteiger partial charge in [-0.2, -0.15) is 0 Å². The number of halogens is 1. The van der Waals surface area contributed by atoms with Crippen molar-refractivity contribution in [2.45, 2.75) is 0 Å². The average molecular weight is 310 g/mol. The van der Waals surface area contributed by atoms with Crippen molar-refractivity contribution in [3.8, 4) is 0 Å². The van der Waals surface area contributed by atoms with Gasteiger partial charge in [0.2, 0.25) is 0 Å². The first kappa shape index (κ1) is 16.1. The summed E-state index contributed by atoms with van der Waals surface area (Å²) < 4.78 is 13.4. The molecule has 4 nitrogen and oxygen atoms in total. The molecule has 0 aliphatic carbocycles. The number of anilines is 1. The topological polar surface area (TPSA) is 35.7 Å². The molecule has 1 aromatic carbocycles. The van der Waals surface area contributed by atoms with Crippen molar-refractivity contribution in [3.63, 3.8) is 0 Å². The van der Waals surface area contributed by atoms with Gasteiger partial charge >= 0.3 is 0 Å². The highest BCUT2D eigenvalue weighted by Crippen LogP contribution is 2.23. The molecule has 0 unspecified atom stereocenters. The van der Waals surface area contributed by atoms with Crippen LogP contribution in [0.15, 0.2) is 18.2 Å². The van der Waals surface area contributed by atoms with Gasteiger partial charge in [-0.1, -0.05) is 12.2 Å². The van der Waals surface area contributed by atoms with Crippen molar-refractivity contribution in [3.05, 3.63) is 29.6 Å². The number of likely N-dealkylation sites (N-methyl/N-ethyl adjacent to an activating group) is 1. The van der Waals surface area contributed by atoms with Gasteiger partial charge in [0.15, 0.2) is 0 Å². The number of hydrogen-bond acceptors (Lipinski definition) is 4. The molecule has 1 saturated heterocycles. The summed E-state index contributed by atoms with van der Waals surface area (Å²) in [6, 6.07) is 4.67. The maximum atomic E-state index is 13.4. The predicted molar refractivity (Wildman–Crippen MR) is 89.5 cm³/mol. The maximum Gasteiger partial charge on any atom is 0.124 e. The van der Waals surface area contributed by atoms with Crippen LogP contribution >= 0.6 is 12.2 Å². The zero-order valence-electron chi connectivity index (χ0n) is 12.7. The lowest BCUT2D eigenvalue weighted by atomic mass is 10.1.